The first kappa shape index (κ1) is 12.5. The van der Waals surface area contributed by atoms with Crippen molar-refractivity contribution in [3.63, 3.8) is 0 Å². The summed E-state index contributed by atoms with van der Waals surface area (Å²) in [6, 6.07) is 13.4. The van der Waals surface area contributed by atoms with Crippen LogP contribution in [0.5, 0.6) is 0 Å². The number of benzene rings is 1. The van der Waals surface area contributed by atoms with Gasteiger partial charge in [0.05, 0.1) is 6.26 Å². The highest BCUT2D eigenvalue weighted by molar-refractivity contribution is 5.30. The molecule has 0 amide bonds. The molecule has 19 heavy (non-hydrogen) atoms. The van der Waals surface area contributed by atoms with Gasteiger partial charge in [0.1, 0.15) is 5.76 Å². The number of nitrogens with one attached hydrogen (secondary N) is 1. The Morgan fingerprint density at radius 1 is 1.32 bits per heavy atom. The molecule has 1 aliphatic rings. The van der Waals surface area contributed by atoms with E-state index < -0.39 is 0 Å². The van der Waals surface area contributed by atoms with Gasteiger partial charge in [-0.25, -0.2) is 0 Å². The van der Waals surface area contributed by atoms with E-state index in [1.54, 1.807) is 0 Å². The predicted octanol–water partition coefficient (Wildman–Crippen LogP) is 4.04. The van der Waals surface area contributed by atoms with Crippen molar-refractivity contribution in [2.24, 2.45) is 5.92 Å². The van der Waals surface area contributed by atoms with Crippen molar-refractivity contribution in [2.45, 2.75) is 32.2 Å². The molecule has 2 aromatic rings. The van der Waals surface area contributed by atoms with E-state index in [-0.39, 0.29) is 0 Å². The molecule has 3 unspecified atom stereocenters. The van der Waals surface area contributed by atoms with E-state index in [1.807, 2.05) is 13.2 Å². The lowest BCUT2D eigenvalue weighted by Gasteiger charge is -2.16. The summed E-state index contributed by atoms with van der Waals surface area (Å²) in [5, 5.41) is 3.61. The van der Waals surface area contributed by atoms with Crippen LogP contribution in [0.4, 0.5) is 0 Å². The Bertz CT molecular complexity index is 531. The van der Waals surface area contributed by atoms with Gasteiger partial charge in [-0.15, -0.1) is 0 Å². The first-order valence-electron chi connectivity index (χ1n) is 7.13. The quantitative estimate of drug-likeness (QED) is 0.872. The highest BCUT2D eigenvalue weighted by Crippen LogP contribution is 2.54. The zero-order chi connectivity index (χ0) is 13.2. The number of aryl methyl sites for hydroxylation is 1. The minimum atomic E-state index is 0.424. The van der Waals surface area contributed by atoms with Gasteiger partial charge in [-0.3, -0.25) is 0 Å². The van der Waals surface area contributed by atoms with Crippen molar-refractivity contribution in [3.8, 4) is 0 Å². The summed E-state index contributed by atoms with van der Waals surface area (Å²) >= 11 is 0. The van der Waals surface area contributed by atoms with Crippen LogP contribution in [0, 0.1) is 12.8 Å². The molecule has 1 fully saturated rings. The van der Waals surface area contributed by atoms with Crippen LogP contribution in [-0.2, 0) is 0 Å². The van der Waals surface area contributed by atoms with Crippen LogP contribution in [0.2, 0.25) is 0 Å². The number of furan rings is 1. The summed E-state index contributed by atoms with van der Waals surface area (Å²) in [5.74, 6) is 2.38. The summed E-state index contributed by atoms with van der Waals surface area (Å²) in [6.07, 6.45) is 3.18. The van der Waals surface area contributed by atoms with Gasteiger partial charge < -0.3 is 9.73 Å². The average Bonchev–Trinajstić information content (AvgIpc) is 3.12. The molecule has 3 atom stereocenters. The van der Waals surface area contributed by atoms with Gasteiger partial charge in [0.15, 0.2) is 0 Å². The van der Waals surface area contributed by atoms with Crippen LogP contribution in [0.1, 0.15) is 42.2 Å². The summed E-state index contributed by atoms with van der Waals surface area (Å²) < 4.78 is 5.47. The SMILES string of the molecule is CCNC(c1coc(C)c1)C1CC1c1ccccc1. The fraction of sp³-hybridized carbons (Fsp3) is 0.412. The molecule has 0 spiro atoms. The van der Waals surface area contributed by atoms with Crippen LogP contribution in [-0.4, -0.2) is 6.54 Å². The molecule has 1 saturated carbocycles. The normalized spacial score (nSPS) is 23.3. The Kier molecular flexibility index (Phi) is 3.43. The minimum absolute atomic E-state index is 0.424. The molecule has 0 radical (unpaired) electrons. The molecular formula is C17H21NO. The van der Waals surface area contributed by atoms with Gasteiger partial charge in [-0.2, -0.15) is 0 Å². The third-order valence-electron chi connectivity index (χ3n) is 4.03. The third-order valence-corrected chi connectivity index (χ3v) is 4.03. The Hall–Kier alpha value is -1.54. The van der Waals surface area contributed by atoms with Gasteiger partial charge in [0, 0.05) is 11.6 Å². The molecule has 1 aliphatic carbocycles. The predicted molar refractivity (Wildman–Crippen MR) is 77.2 cm³/mol. The Balaban J connectivity index is 1.76. The summed E-state index contributed by atoms with van der Waals surface area (Å²) in [7, 11) is 0. The largest absolute Gasteiger partial charge is 0.469 e. The number of rotatable bonds is 5. The second-order valence-electron chi connectivity index (χ2n) is 5.44. The number of hydrogen-bond donors (Lipinski definition) is 1. The monoisotopic (exact) mass is 255 g/mol. The second kappa shape index (κ2) is 5.22. The van der Waals surface area contributed by atoms with E-state index in [0.717, 1.165) is 12.3 Å². The first-order chi connectivity index (χ1) is 9.29. The van der Waals surface area contributed by atoms with Crippen molar-refractivity contribution in [1.29, 1.82) is 0 Å². The van der Waals surface area contributed by atoms with Gasteiger partial charge in [-0.05, 0) is 43.4 Å². The highest BCUT2D eigenvalue weighted by atomic mass is 16.3. The van der Waals surface area contributed by atoms with E-state index in [1.165, 1.54) is 17.5 Å². The molecule has 0 bridgehead atoms. The summed E-state index contributed by atoms with van der Waals surface area (Å²) in [5.41, 5.74) is 2.76. The Morgan fingerprint density at radius 2 is 2.11 bits per heavy atom. The molecule has 1 aromatic heterocycles. The Labute approximate surface area is 114 Å². The summed E-state index contributed by atoms with van der Waals surface area (Å²) in [6.45, 7) is 5.17. The maximum Gasteiger partial charge on any atom is 0.101 e. The van der Waals surface area contributed by atoms with E-state index in [0.29, 0.717) is 17.9 Å². The molecule has 1 N–H and O–H groups in total. The Morgan fingerprint density at radius 3 is 2.74 bits per heavy atom. The van der Waals surface area contributed by atoms with Crippen molar-refractivity contribution in [2.75, 3.05) is 6.54 Å². The molecule has 3 rings (SSSR count). The van der Waals surface area contributed by atoms with E-state index in [4.69, 9.17) is 4.42 Å². The lowest BCUT2D eigenvalue weighted by molar-refractivity contribution is 0.474. The zero-order valence-corrected chi connectivity index (χ0v) is 11.6. The van der Waals surface area contributed by atoms with Crippen LogP contribution in [0.15, 0.2) is 47.1 Å². The lowest BCUT2D eigenvalue weighted by atomic mass is 10.0. The molecule has 2 heteroatoms. The summed E-state index contributed by atoms with van der Waals surface area (Å²) in [4.78, 5) is 0. The first-order valence-corrected chi connectivity index (χ1v) is 7.13. The lowest BCUT2D eigenvalue weighted by Crippen LogP contribution is -2.22. The van der Waals surface area contributed by atoms with Gasteiger partial charge in [0.25, 0.3) is 0 Å². The molecule has 1 aromatic carbocycles. The van der Waals surface area contributed by atoms with E-state index in [2.05, 4.69) is 48.6 Å². The van der Waals surface area contributed by atoms with Crippen molar-refractivity contribution >= 4 is 0 Å². The second-order valence-corrected chi connectivity index (χ2v) is 5.44. The van der Waals surface area contributed by atoms with Gasteiger partial charge in [0.2, 0.25) is 0 Å². The zero-order valence-electron chi connectivity index (χ0n) is 11.6. The average molecular weight is 255 g/mol. The standard InChI is InChI=1S/C17H21NO/c1-3-18-17(14-9-12(2)19-11-14)16-10-15(16)13-7-5-4-6-8-13/h4-9,11,15-18H,3,10H2,1-2H3. The smallest absolute Gasteiger partial charge is 0.101 e. The highest BCUT2D eigenvalue weighted by Gasteiger charge is 2.44. The van der Waals surface area contributed by atoms with Crippen molar-refractivity contribution in [1.82, 2.24) is 5.32 Å². The molecular weight excluding hydrogens is 234 g/mol. The van der Waals surface area contributed by atoms with Crippen LogP contribution in [0.3, 0.4) is 0 Å². The van der Waals surface area contributed by atoms with Crippen LogP contribution in [0.25, 0.3) is 0 Å². The molecule has 0 aliphatic heterocycles. The number of hydrogen-bond acceptors (Lipinski definition) is 2. The van der Waals surface area contributed by atoms with Crippen LogP contribution >= 0.6 is 0 Å². The fourth-order valence-electron chi connectivity index (χ4n) is 3.03. The topological polar surface area (TPSA) is 25.2 Å². The van der Waals surface area contributed by atoms with Crippen LogP contribution < -0.4 is 5.32 Å². The molecule has 2 nitrogen and oxygen atoms in total. The van der Waals surface area contributed by atoms with Crippen molar-refractivity contribution in [3.05, 3.63) is 59.5 Å². The van der Waals surface area contributed by atoms with Gasteiger partial charge >= 0.3 is 0 Å². The maximum atomic E-state index is 5.47. The van der Waals surface area contributed by atoms with E-state index >= 15 is 0 Å². The molecule has 0 saturated heterocycles. The molecule has 100 valence electrons. The third kappa shape index (κ3) is 2.59. The van der Waals surface area contributed by atoms with Gasteiger partial charge in [-0.1, -0.05) is 37.3 Å². The fourth-order valence-corrected chi connectivity index (χ4v) is 3.03. The maximum absolute atomic E-state index is 5.47. The van der Waals surface area contributed by atoms with E-state index in [9.17, 15) is 0 Å². The minimum Gasteiger partial charge on any atom is -0.469 e. The molecule has 1 heterocycles. The van der Waals surface area contributed by atoms with Crippen molar-refractivity contribution < 1.29 is 4.42 Å².